The van der Waals surface area contributed by atoms with Gasteiger partial charge in [0.1, 0.15) is 17.8 Å². The fraction of sp³-hybridized carbons (Fsp3) is 0.500. The van der Waals surface area contributed by atoms with Crippen molar-refractivity contribution >= 4 is 17.5 Å². The van der Waals surface area contributed by atoms with E-state index in [4.69, 9.17) is 4.74 Å². The van der Waals surface area contributed by atoms with Crippen molar-refractivity contribution in [1.82, 2.24) is 5.32 Å². The average Bonchev–Trinajstić information content (AvgIpc) is 3.27. The minimum atomic E-state index is -0.761. The summed E-state index contributed by atoms with van der Waals surface area (Å²) in [6.07, 6.45) is 2.00. The second-order valence-electron chi connectivity index (χ2n) is 6.07. The predicted octanol–water partition coefficient (Wildman–Crippen LogP) is 1.64. The number of nitrogens with one attached hydrogen (secondary N) is 1. The van der Waals surface area contributed by atoms with E-state index in [0.29, 0.717) is 0 Å². The number of benzene rings is 1. The molecule has 1 atom stereocenters. The van der Waals surface area contributed by atoms with Gasteiger partial charge >= 0.3 is 0 Å². The summed E-state index contributed by atoms with van der Waals surface area (Å²) in [7, 11) is 1.62. The lowest BCUT2D eigenvalue weighted by molar-refractivity contribution is -0.136. The van der Waals surface area contributed by atoms with Crippen LogP contribution in [0.5, 0.6) is 5.75 Å². The molecule has 21 heavy (non-hydrogen) atoms. The summed E-state index contributed by atoms with van der Waals surface area (Å²) in [4.78, 5) is 26.4. The molecular formula is C16H20N2O3. The molecular weight excluding hydrogens is 268 g/mol. The SMILES string of the molecule is COc1ccc(N2CC(=O)NC(C)(C3CC3)C2=O)cc1C. The van der Waals surface area contributed by atoms with E-state index in [1.54, 1.807) is 12.0 Å². The molecule has 1 saturated heterocycles. The number of amides is 2. The fourth-order valence-corrected chi connectivity index (χ4v) is 3.05. The fourth-order valence-electron chi connectivity index (χ4n) is 3.05. The molecule has 3 rings (SSSR count). The van der Waals surface area contributed by atoms with Crippen molar-refractivity contribution in [3.8, 4) is 5.75 Å². The van der Waals surface area contributed by atoms with Gasteiger partial charge in [0.2, 0.25) is 5.91 Å². The number of rotatable bonds is 3. The number of hydrogen-bond acceptors (Lipinski definition) is 3. The zero-order valence-electron chi connectivity index (χ0n) is 12.6. The number of methoxy groups -OCH3 is 1. The Hall–Kier alpha value is -2.04. The van der Waals surface area contributed by atoms with Crippen molar-refractivity contribution in [3.05, 3.63) is 23.8 Å². The van der Waals surface area contributed by atoms with E-state index >= 15 is 0 Å². The molecule has 0 spiro atoms. The van der Waals surface area contributed by atoms with E-state index in [1.807, 2.05) is 32.0 Å². The van der Waals surface area contributed by atoms with Crippen LogP contribution >= 0.6 is 0 Å². The first-order chi connectivity index (χ1) is 9.95. The van der Waals surface area contributed by atoms with Gasteiger partial charge in [-0.15, -0.1) is 0 Å². The summed E-state index contributed by atoms with van der Waals surface area (Å²) < 4.78 is 5.24. The Labute approximate surface area is 124 Å². The van der Waals surface area contributed by atoms with Gasteiger partial charge in [-0.2, -0.15) is 0 Å². The molecule has 5 heteroatoms. The van der Waals surface area contributed by atoms with Crippen molar-refractivity contribution in [2.24, 2.45) is 5.92 Å². The molecule has 1 aliphatic heterocycles. The van der Waals surface area contributed by atoms with E-state index < -0.39 is 5.54 Å². The van der Waals surface area contributed by atoms with E-state index in [1.165, 1.54) is 0 Å². The normalized spacial score (nSPS) is 25.8. The third kappa shape index (κ3) is 2.26. The van der Waals surface area contributed by atoms with Crippen LogP contribution in [0.2, 0.25) is 0 Å². The molecule has 1 aromatic rings. The molecule has 1 unspecified atom stereocenters. The maximum Gasteiger partial charge on any atom is 0.253 e. The molecule has 0 radical (unpaired) electrons. The number of nitrogens with zero attached hydrogens (tertiary/aromatic N) is 1. The van der Waals surface area contributed by atoms with E-state index in [2.05, 4.69) is 5.32 Å². The highest BCUT2D eigenvalue weighted by atomic mass is 16.5. The van der Waals surface area contributed by atoms with Crippen molar-refractivity contribution < 1.29 is 14.3 Å². The number of ether oxygens (including phenoxy) is 1. The summed E-state index contributed by atoms with van der Waals surface area (Å²) in [5.74, 6) is 0.917. The minimum absolute atomic E-state index is 0.0193. The van der Waals surface area contributed by atoms with Gasteiger partial charge in [-0.1, -0.05) is 0 Å². The Morgan fingerprint density at radius 2 is 2.05 bits per heavy atom. The van der Waals surface area contributed by atoms with E-state index in [-0.39, 0.29) is 24.3 Å². The van der Waals surface area contributed by atoms with Gasteiger partial charge in [0.15, 0.2) is 0 Å². The Bertz CT molecular complexity index is 610. The molecule has 1 heterocycles. The molecule has 2 fully saturated rings. The first-order valence-electron chi connectivity index (χ1n) is 7.23. The highest BCUT2D eigenvalue weighted by Gasteiger charge is 2.52. The lowest BCUT2D eigenvalue weighted by Crippen LogP contribution is -2.66. The molecule has 112 valence electrons. The third-order valence-electron chi connectivity index (χ3n) is 4.47. The molecule has 5 nitrogen and oxygen atoms in total. The summed E-state index contributed by atoms with van der Waals surface area (Å²) in [5, 5.41) is 2.89. The number of aryl methyl sites for hydroxylation is 1. The maximum atomic E-state index is 12.8. The van der Waals surface area contributed by atoms with Crippen LogP contribution in [0.3, 0.4) is 0 Å². The third-order valence-corrected chi connectivity index (χ3v) is 4.47. The van der Waals surface area contributed by atoms with Gasteiger partial charge < -0.3 is 15.0 Å². The summed E-state index contributed by atoms with van der Waals surface area (Å²) in [6.45, 7) is 3.84. The molecule has 0 aromatic heterocycles. The van der Waals surface area contributed by atoms with Gasteiger partial charge in [0.05, 0.1) is 7.11 Å². The summed E-state index contributed by atoms with van der Waals surface area (Å²) >= 11 is 0. The molecule has 1 aromatic carbocycles. The van der Waals surface area contributed by atoms with Gasteiger partial charge in [-0.3, -0.25) is 9.59 Å². The molecule has 0 bridgehead atoms. The Kier molecular flexibility index (Phi) is 3.15. The van der Waals surface area contributed by atoms with Crippen LogP contribution in [0.15, 0.2) is 18.2 Å². The quantitative estimate of drug-likeness (QED) is 0.919. The standard InChI is InChI=1S/C16H20N2O3/c1-10-8-12(6-7-13(10)21-3)18-9-14(19)17-16(2,15(18)20)11-4-5-11/h6-8,11H,4-5,9H2,1-3H3,(H,17,19). The molecule has 2 amide bonds. The van der Waals surface area contributed by atoms with Crippen molar-refractivity contribution in [2.75, 3.05) is 18.6 Å². The number of carbonyl (C=O) groups excluding carboxylic acids is 2. The molecule has 1 aliphatic carbocycles. The summed E-state index contributed by atoms with van der Waals surface area (Å²) in [5.41, 5.74) is 0.935. The monoisotopic (exact) mass is 288 g/mol. The smallest absolute Gasteiger partial charge is 0.253 e. The van der Waals surface area contributed by atoms with E-state index in [9.17, 15) is 9.59 Å². The Morgan fingerprint density at radius 1 is 1.33 bits per heavy atom. The maximum absolute atomic E-state index is 12.8. The minimum Gasteiger partial charge on any atom is -0.496 e. The number of carbonyl (C=O) groups is 2. The van der Waals surface area contributed by atoms with Crippen molar-refractivity contribution in [2.45, 2.75) is 32.2 Å². The molecule has 1 N–H and O–H groups in total. The van der Waals surface area contributed by atoms with Crippen molar-refractivity contribution in [1.29, 1.82) is 0 Å². The van der Waals surface area contributed by atoms with Crippen LogP contribution in [-0.4, -0.2) is 31.0 Å². The first-order valence-corrected chi connectivity index (χ1v) is 7.23. The lowest BCUT2D eigenvalue weighted by Gasteiger charge is -2.40. The van der Waals surface area contributed by atoms with Crippen molar-refractivity contribution in [3.63, 3.8) is 0 Å². The van der Waals surface area contributed by atoms with Crippen LogP contribution in [0.1, 0.15) is 25.3 Å². The van der Waals surface area contributed by atoms with Crippen LogP contribution in [0.25, 0.3) is 0 Å². The van der Waals surface area contributed by atoms with Gasteiger partial charge in [-0.05, 0) is 56.4 Å². The predicted molar refractivity (Wildman–Crippen MR) is 79.4 cm³/mol. The van der Waals surface area contributed by atoms with Gasteiger partial charge in [-0.25, -0.2) is 0 Å². The zero-order chi connectivity index (χ0) is 15.2. The second-order valence-corrected chi connectivity index (χ2v) is 6.07. The Morgan fingerprint density at radius 3 is 2.62 bits per heavy atom. The number of anilines is 1. The topological polar surface area (TPSA) is 58.6 Å². The number of hydrogen-bond donors (Lipinski definition) is 1. The molecule has 2 aliphatic rings. The highest BCUT2D eigenvalue weighted by molar-refractivity contribution is 6.09. The number of piperazine rings is 1. The Balaban J connectivity index is 1.95. The van der Waals surface area contributed by atoms with Crippen LogP contribution in [-0.2, 0) is 9.59 Å². The van der Waals surface area contributed by atoms with E-state index in [0.717, 1.165) is 29.8 Å². The van der Waals surface area contributed by atoms with Gasteiger partial charge in [0.25, 0.3) is 5.91 Å². The first kappa shape index (κ1) is 13.9. The largest absolute Gasteiger partial charge is 0.496 e. The second kappa shape index (κ2) is 4.76. The zero-order valence-corrected chi connectivity index (χ0v) is 12.6. The highest BCUT2D eigenvalue weighted by Crippen LogP contribution is 2.42. The average molecular weight is 288 g/mol. The van der Waals surface area contributed by atoms with Crippen LogP contribution in [0, 0.1) is 12.8 Å². The van der Waals surface area contributed by atoms with Gasteiger partial charge in [0, 0.05) is 5.69 Å². The summed E-state index contributed by atoms with van der Waals surface area (Å²) in [6, 6.07) is 5.55. The lowest BCUT2D eigenvalue weighted by atomic mass is 9.91. The molecule has 1 saturated carbocycles. The van der Waals surface area contributed by atoms with Crippen LogP contribution in [0.4, 0.5) is 5.69 Å². The van der Waals surface area contributed by atoms with Crippen LogP contribution < -0.4 is 15.0 Å².